The number of ether oxygens (including phenoxy) is 1. The minimum absolute atomic E-state index is 0.120. The largest absolute Gasteiger partial charge is 0.497 e. The molecular weight excluding hydrogens is 616 g/mol. The molecule has 3 heterocycles. The number of anilines is 1. The van der Waals surface area contributed by atoms with E-state index in [1.165, 1.54) is 5.56 Å². The van der Waals surface area contributed by atoms with Crippen LogP contribution in [-0.2, 0) is 33.8 Å². The maximum absolute atomic E-state index is 14.3. The highest BCUT2D eigenvalue weighted by Gasteiger charge is 2.54. The van der Waals surface area contributed by atoms with Crippen molar-refractivity contribution in [1.82, 2.24) is 25.3 Å². The van der Waals surface area contributed by atoms with Crippen LogP contribution in [0.3, 0.4) is 0 Å². The van der Waals surface area contributed by atoms with Crippen LogP contribution in [0.25, 0.3) is 0 Å². The number of nitrogens with zero attached hydrogens (tertiary/aromatic N) is 4. The Hall–Kier alpha value is -4.41. The number of para-hydroxylation sites is 1. The molecular formula is C39H50N6O4. The number of methoxy groups -OCH3 is 1. The smallest absolute Gasteiger partial charge is 0.250 e. The van der Waals surface area contributed by atoms with Crippen molar-refractivity contribution in [1.29, 1.82) is 0 Å². The summed E-state index contributed by atoms with van der Waals surface area (Å²) in [6, 6.07) is 24.7. The summed E-state index contributed by atoms with van der Waals surface area (Å²) in [6.07, 6.45) is 1.98. The molecule has 10 nitrogen and oxygen atoms in total. The molecule has 2 atom stereocenters. The number of hydrogen-bond donors (Lipinski definition) is 2. The number of rotatable bonds is 12. The molecule has 0 radical (unpaired) electrons. The van der Waals surface area contributed by atoms with E-state index >= 15 is 0 Å². The van der Waals surface area contributed by atoms with Crippen LogP contribution >= 0.6 is 0 Å². The Morgan fingerprint density at radius 2 is 1.63 bits per heavy atom. The fraction of sp³-hybridized carbons (Fsp3) is 0.462. The summed E-state index contributed by atoms with van der Waals surface area (Å²) in [7, 11) is 1.62. The number of benzene rings is 3. The molecule has 2 N–H and O–H groups in total. The lowest BCUT2D eigenvalue weighted by Crippen LogP contribution is -2.60. The molecule has 49 heavy (non-hydrogen) atoms. The second-order valence-electron chi connectivity index (χ2n) is 13.4. The van der Waals surface area contributed by atoms with E-state index in [1.807, 2.05) is 64.4 Å². The molecule has 3 aromatic rings. The first-order valence-corrected chi connectivity index (χ1v) is 17.7. The molecule has 260 valence electrons. The first kappa shape index (κ1) is 34.5. The van der Waals surface area contributed by atoms with Crippen LogP contribution in [0, 0.1) is 0 Å². The van der Waals surface area contributed by atoms with E-state index < -0.39 is 17.6 Å². The van der Waals surface area contributed by atoms with Crippen molar-refractivity contribution >= 4 is 23.4 Å². The van der Waals surface area contributed by atoms with Gasteiger partial charge in [-0.05, 0) is 73.3 Å². The highest BCUT2D eigenvalue weighted by atomic mass is 16.5. The quantitative estimate of drug-likeness (QED) is 0.306. The number of fused-ring (bicyclic) bond motifs is 1. The van der Waals surface area contributed by atoms with E-state index in [1.54, 1.807) is 7.11 Å². The normalized spacial score (nSPS) is 19.2. The second-order valence-corrected chi connectivity index (χ2v) is 13.4. The average Bonchev–Trinajstić information content (AvgIpc) is 3.41. The third-order valence-electron chi connectivity index (χ3n) is 10.7. The van der Waals surface area contributed by atoms with E-state index in [-0.39, 0.29) is 17.7 Å². The predicted octanol–water partition coefficient (Wildman–Crippen LogP) is 3.45. The molecule has 2 unspecified atom stereocenters. The molecule has 2 fully saturated rings. The Kier molecular flexibility index (Phi) is 10.8. The summed E-state index contributed by atoms with van der Waals surface area (Å²) in [4.78, 5) is 50.7. The zero-order valence-corrected chi connectivity index (χ0v) is 29.1. The number of nitrogens with one attached hydrogen (secondary N) is 2. The maximum atomic E-state index is 14.3. The van der Waals surface area contributed by atoms with Crippen molar-refractivity contribution < 1.29 is 19.1 Å². The van der Waals surface area contributed by atoms with Gasteiger partial charge in [0, 0.05) is 44.8 Å². The topological polar surface area (TPSA) is 97.5 Å². The highest BCUT2D eigenvalue weighted by Crippen LogP contribution is 2.39. The molecule has 0 saturated carbocycles. The first-order chi connectivity index (χ1) is 23.8. The summed E-state index contributed by atoms with van der Waals surface area (Å²) in [6.45, 7) is 9.69. The minimum Gasteiger partial charge on any atom is -0.497 e. The second kappa shape index (κ2) is 15.4. The molecule has 2 saturated heterocycles. The van der Waals surface area contributed by atoms with Gasteiger partial charge in [0.1, 0.15) is 17.3 Å². The standard InChI is InChI=1S/C39H50N6O4/c1-4-42(5-2)23-24-44-28-45(32-13-7-6-8-14-32)39(38(44)48)19-21-43(22-20-39)37(47)35(25-29-15-17-33(49-3)18-16-29)41-36(46)34-26-30-11-9-10-12-31(30)27-40-34/h6-18,34-35,40H,4-5,19-28H2,1-3H3,(H,41,46). The summed E-state index contributed by atoms with van der Waals surface area (Å²) >= 11 is 0. The number of amides is 3. The predicted molar refractivity (Wildman–Crippen MR) is 191 cm³/mol. The molecule has 0 aliphatic carbocycles. The van der Waals surface area contributed by atoms with E-state index in [9.17, 15) is 14.4 Å². The van der Waals surface area contributed by atoms with Gasteiger partial charge in [-0.15, -0.1) is 0 Å². The number of carbonyl (C=O) groups is 3. The summed E-state index contributed by atoms with van der Waals surface area (Å²) < 4.78 is 5.34. The van der Waals surface area contributed by atoms with Crippen LogP contribution < -0.4 is 20.3 Å². The van der Waals surface area contributed by atoms with E-state index in [0.717, 1.165) is 42.2 Å². The third-order valence-corrected chi connectivity index (χ3v) is 10.7. The Labute approximate surface area is 290 Å². The van der Waals surface area contributed by atoms with Gasteiger partial charge in [-0.1, -0.05) is 68.4 Å². The third kappa shape index (κ3) is 7.45. The monoisotopic (exact) mass is 666 g/mol. The van der Waals surface area contributed by atoms with Crippen molar-refractivity contribution in [2.75, 3.05) is 57.9 Å². The number of piperidine rings is 1. The number of carbonyl (C=O) groups excluding carboxylic acids is 3. The summed E-state index contributed by atoms with van der Waals surface area (Å²) in [5.74, 6) is 0.574. The zero-order valence-electron chi connectivity index (χ0n) is 29.1. The summed E-state index contributed by atoms with van der Waals surface area (Å²) in [5, 5.41) is 6.49. The van der Waals surface area contributed by atoms with Gasteiger partial charge in [0.15, 0.2) is 0 Å². The lowest BCUT2D eigenvalue weighted by atomic mass is 9.85. The van der Waals surface area contributed by atoms with E-state index in [4.69, 9.17) is 4.74 Å². The zero-order chi connectivity index (χ0) is 34.4. The molecule has 1 spiro atoms. The molecule has 0 aromatic heterocycles. The van der Waals surface area contributed by atoms with Crippen molar-refractivity contribution in [3.8, 4) is 5.75 Å². The maximum Gasteiger partial charge on any atom is 0.250 e. The van der Waals surface area contributed by atoms with Gasteiger partial charge in [-0.2, -0.15) is 0 Å². The van der Waals surface area contributed by atoms with E-state index in [2.05, 4.69) is 58.5 Å². The lowest BCUT2D eigenvalue weighted by molar-refractivity contribution is -0.141. The summed E-state index contributed by atoms with van der Waals surface area (Å²) in [5.41, 5.74) is 3.58. The minimum atomic E-state index is -0.746. The Balaban J connectivity index is 1.19. The van der Waals surface area contributed by atoms with Crippen LogP contribution in [0.1, 0.15) is 43.4 Å². The Morgan fingerprint density at radius 3 is 2.31 bits per heavy atom. The lowest BCUT2D eigenvalue weighted by Gasteiger charge is -2.44. The number of likely N-dealkylation sites (tertiary alicyclic amines) is 1. The van der Waals surface area contributed by atoms with Gasteiger partial charge in [0.05, 0.1) is 19.8 Å². The highest BCUT2D eigenvalue weighted by molar-refractivity contribution is 5.94. The number of hydrogen-bond acceptors (Lipinski definition) is 7. The molecule has 0 bridgehead atoms. The molecule has 3 aliphatic rings. The molecule has 3 amide bonds. The Morgan fingerprint density at radius 1 is 0.959 bits per heavy atom. The Bertz CT molecular complexity index is 1590. The average molecular weight is 667 g/mol. The van der Waals surface area contributed by atoms with Gasteiger partial charge >= 0.3 is 0 Å². The van der Waals surface area contributed by atoms with Gasteiger partial charge in [0.2, 0.25) is 17.7 Å². The van der Waals surface area contributed by atoms with Crippen molar-refractivity contribution in [2.24, 2.45) is 0 Å². The van der Waals surface area contributed by atoms with E-state index in [0.29, 0.717) is 58.5 Å². The van der Waals surface area contributed by atoms with Crippen LogP contribution in [-0.4, -0.2) is 103 Å². The van der Waals surface area contributed by atoms with Crippen LogP contribution in [0.4, 0.5) is 5.69 Å². The van der Waals surface area contributed by atoms with Gasteiger partial charge < -0.3 is 35.0 Å². The fourth-order valence-corrected chi connectivity index (χ4v) is 7.60. The first-order valence-electron chi connectivity index (χ1n) is 17.7. The molecule has 10 heteroatoms. The van der Waals surface area contributed by atoms with Gasteiger partial charge in [-0.3, -0.25) is 14.4 Å². The van der Waals surface area contributed by atoms with Gasteiger partial charge in [0.25, 0.3) is 0 Å². The van der Waals surface area contributed by atoms with Gasteiger partial charge in [-0.25, -0.2) is 0 Å². The van der Waals surface area contributed by atoms with Crippen molar-refractivity contribution in [3.05, 3.63) is 95.6 Å². The molecule has 6 rings (SSSR count). The molecule has 3 aliphatic heterocycles. The molecule has 3 aromatic carbocycles. The fourth-order valence-electron chi connectivity index (χ4n) is 7.60. The number of likely N-dealkylation sites (N-methyl/N-ethyl adjacent to an activating group) is 1. The van der Waals surface area contributed by atoms with Crippen molar-refractivity contribution in [3.63, 3.8) is 0 Å². The van der Waals surface area contributed by atoms with Crippen LogP contribution in [0.15, 0.2) is 78.9 Å². The van der Waals surface area contributed by atoms with Crippen LogP contribution in [0.5, 0.6) is 5.75 Å². The van der Waals surface area contributed by atoms with Crippen LogP contribution in [0.2, 0.25) is 0 Å². The SMILES string of the molecule is CCN(CC)CCN1CN(c2ccccc2)C2(CCN(C(=O)C(Cc3ccc(OC)cc3)NC(=O)C3Cc4ccccc4CN3)CC2)C1=O. The van der Waals surface area contributed by atoms with Crippen molar-refractivity contribution in [2.45, 2.75) is 63.7 Å².